The Morgan fingerprint density at radius 1 is 1.46 bits per heavy atom. The summed E-state index contributed by atoms with van der Waals surface area (Å²) in [4.78, 5) is 0. The maximum atomic E-state index is 8.73. The van der Waals surface area contributed by atoms with Crippen LogP contribution in [0, 0.1) is 0 Å². The zero-order chi connectivity index (χ0) is 10.3. The molecule has 3 N–H and O–H groups in total. The van der Waals surface area contributed by atoms with Gasteiger partial charge >= 0.3 is 0 Å². The van der Waals surface area contributed by atoms with E-state index in [0.29, 0.717) is 5.02 Å². The van der Waals surface area contributed by atoms with Crippen molar-refractivity contribution in [2.75, 3.05) is 6.61 Å². The van der Waals surface area contributed by atoms with Crippen molar-refractivity contribution in [3.8, 4) is 5.75 Å². The predicted octanol–water partition coefficient (Wildman–Crippen LogP) is 1.41. The van der Waals surface area contributed by atoms with Crippen LogP contribution in [0.25, 0.3) is 0 Å². The van der Waals surface area contributed by atoms with Crippen LogP contribution in [0.5, 0.6) is 5.75 Å². The number of aromatic hydroxyl groups is 1. The van der Waals surface area contributed by atoms with E-state index >= 15 is 0 Å². The summed E-state index contributed by atoms with van der Waals surface area (Å²) in [6.07, 6.45) is -0.560. The summed E-state index contributed by atoms with van der Waals surface area (Å²) >= 11 is 5.48. The lowest BCUT2D eigenvalue weighted by atomic mass is 10.3. The summed E-state index contributed by atoms with van der Waals surface area (Å²) in [5.41, 5.74) is 0. The first kappa shape index (κ1) is 12.2. The van der Waals surface area contributed by atoms with Gasteiger partial charge in [0.05, 0.1) is 12.7 Å². The zero-order valence-electron chi connectivity index (χ0n) is 7.31. The molecule has 0 spiro atoms. The Morgan fingerprint density at radius 2 is 2.00 bits per heavy atom. The molecule has 0 amide bonds. The normalized spacial score (nSPS) is 11.4. The van der Waals surface area contributed by atoms with Gasteiger partial charge in [-0.15, -0.1) is 0 Å². The Bertz CT molecular complexity index is 221. The molecule has 0 saturated carbocycles. The molecule has 1 aromatic carbocycles. The van der Waals surface area contributed by atoms with Crippen LogP contribution >= 0.6 is 11.6 Å². The summed E-state index contributed by atoms with van der Waals surface area (Å²) in [6, 6.07) is 6.46. The van der Waals surface area contributed by atoms with Crippen molar-refractivity contribution < 1.29 is 15.3 Å². The molecule has 0 aliphatic rings. The first-order valence-electron chi connectivity index (χ1n) is 3.79. The van der Waals surface area contributed by atoms with Crippen molar-refractivity contribution in [2.24, 2.45) is 0 Å². The van der Waals surface area contributed by atoms with Gasteiger partial charge in [0.1, 0.15) is 5.75 Å². The summed E-state index contributed by atoms with van der Waals surface area (Å²) in [5, 5.41) is 25.3. The number of halogens is 1. The van der Waals surface area contributed by atoms with E-state index in [4.69, 9.17) is 26.9 Å². The smallest absolute Gasteiger partial charge is 0.117 e. The Hall–Kier alpha value is -0.770. The first-order valence-corrected chi connectivity index (χ1v) is 4.17. The molecule has 0 aromatic heterocycles. The molecule has 1 rings (SSSR count). The van der Waals surface area contributed by atoms with Crippen molar-refractivity contribution in [1.82, 2.24) is 0 Å². The topological polar surface area (TPSA) is 60.7 Å². The monoisotopic (exact) mass is 204 g/mol. The van der Waals surface area contributed by atoms with Crippen LogP contribution in [0.2, 0.25) is 5.02 Å². The number of hydrogen-bond donors (Lipinski definition) is 3. The minimum absolute atomic E-state index is 0.139. The van der Waals surface area contributed by atoms with Crippen LogP contribution in [0.1, 0.15) is 6.92 Å². The molecule has 1 atom stereocenters. The van der Waals surface area contributed by atoms with Crippen LogP contribution < -0.4 is 0 Å². The number of aliphatic hydroxyl groups excluding tert-OH is 2. The SMILES string of the molecule is CC(O)CO.Oc1cccc(Cl)c1. The fourth-order valence-electron chi connectivity index (χ4n) is 0.476. The molecule has 1 unspecified atom stereocenters. The maximum Gasteiger partial charge on any atom is 0.117 e. The highest BCUT2D eigenvalue weighted by atomic mass is 35.5. The fourth-order valence-corrected chi connectivity index (χ4v) is 0.661. The molecule has 13 heavy (non-hydrogen) atoms. The van der Waals surface area contributed by atoms with Gasteiger partial charge in [-0.1, -0.05) is 17.7 Å². The quantitative estimate of drug-likeness (QED) is 0.648. The molecule has 0 bridgehead atoms. The molecule has 0 aliphatic heterocycles. The molecule has 0 heterocycles. The van der Waals surface area contributed by atoms with Crippen molar-refractivity contribution in [3.63, 3.8) is 0 Å². The molecular formula is C9H13ClO3. The second-order valence-electron chi connectivity index (χ2n) is 2.51. The average molecular weight is 205 g/mol. The summed E-state index contributed by atoms with van der Waals surface area (Å²) in [5.74, 6) is 0.206. The first-order chi connectivity index (χ1) is 6.06. The Balaban J connectivity index is 0.000000252. The van der Waals surface area contributed by atoms with Gasteiger partial charge in [0.15, 0.2) is 0 Å². The third kappa shape index (κ3) is 7.59. The molecule has 0 aliphatic carbocycles. The molecule has 74 valence electrons. The van der Waals surface area contributed by atoms with E-state index in [1.54, 1.807) is 18.2 Å². The minimum atomic E-state index is -0.560. The standard InChI is InChI=1S/C6H5ClO.C3H8O2/c7-5-2-1-3-6(8)4-5;1-3(5)2-4/h1-4,8H;3-5H,2H2,1H3. The zero-order valence-corrected chi connectivity index (χ0v) is 8.07. The minimum Gasteiger partial charge on any atom is -0.508 e. The largest absolute Gasteiger partial charge is 0.508 e. The van der Waals surface area contributed by atoms with Crippen LogP contribution in [0.4, 0.5) is 0 Å². The lowest BCUT2D eigenvalue weighted by molar-refractivity contribution is 0.110. The number of benzene rings is 1. The Morgan fingerprint density at radius 3 is 2.23 bits per heavy atom. The fraction of sp³-hybridized carbons (Fsp3) is 0.333. The van der Waals surface area contributed by atoms with Crippen molar-refractivity contribution in [1.29, 1.82) is 0 Å². The lowest BCUT2D eigenvalue weighted by Crippen LogP contribution is -2.03. The van der Waals surface area contributed by atoms with Gasteiger partial charge in [0.2, 0.25) is 0 Å². The van der Waals surface area contributed by atoms with Crippen molar-refractivity contribution in [2.45, 2.75) is 13.0 Å². The number of phenols is 1. The van der Waals surface area contributed by atoms with Gasteiger partial charge in [0, 0.05) is 5.02 Å². The molecule has 0 radical (unpaired) electrons. The van der Waals surface area contributed by atoms with Gasteiger partial charge in [-0.25, -0.2) is 0 Å². The van der Waals surface area contributed by atoms with E-state index in [0.717, 1.165) is 0 Å². The highest BCUT2D eigenvalue weighted by molar-refractivity contribution is 6.30. The summed E-state index contributed by atoms with van der Waals surface area (Å²) in [7, 11) is 0. The van der Waals surface area contributed by atoms with E-state index in [-0.39, 0.29) is 12.4 Å². The van der Waals surface area contributed by atoms with Crippen molar-refractivity contribution >= 4 is 11.6 Å². The van der Waals surface area contributed by atoms with Crippen LogP contribution in [0.15, 0.2) is 24.3 Å². The number of hydrogen-bond acceptors (Lipinski definition) is 3. The molecular weight excluding hydrogens is 192 g/mol. The van der Waals surface area contributed by atoms with E-state index in [1.807, 2.05) is 0 Å². The second kappa shape index (κ2) is 6.71. The molecule has 1 aromatic rings. The van der Waals surface area contributed by atoms with E-state index in [2.05, 4.69) is 0 Å². The van der Waals surface area contributed by atoms with Crippen LogP contribution in [-0.4, -0.2) is 28.0 Å². The van der Waals surface area contributed by atoms with Crippen LogP contribution in [-0.2, 0) is 0 Å². The second-order valence-corrected chi connectivity index (χ2v) is 2.95. The van der Waals surface area contributed by atoms with Crippen molar-refractivity contribution in [3.05, 3.63) is 29.3 Å². The molecule has 0 fully saturated rings. The maximum absolute atomic E-state index is 8.73. The van der Waals surface area contributed by atoms with E-state index in [9.17, 15) is 0 Å². The van der Waals surface area contributed by atoms with Gasteiger partial charge in [-0.05, 0) is 25.1 Å². The van der Waals surface area contributed by atoms with Crippen LogP contribution in [0.3, 0.4) is 0 Å². The number of aliphatic hydroxyl groups is 2. The summed E-state index contributed by atoms with van der Waals surface area (Å²) < 4.78 is 0. The van der Waals surface area contributed by atoms with Gasteiger partial charge in [-0.2, -0.15) is 0 Å². The number of rotatable bonds is 1. The van der Waals surface area contributed by atoms with E-state index in [1.165, 1.54) is 13.0 Å². The molecule has 4 heteroatoms. The highest BCUT2D eigenvalue weighted by Crippen LogP contribution is 2.14. The Labute approximate surface area is 82.2 Å². The third-order valence-corrected chi connectivity index (χ3v) is 1.31. The summed E-state index contributed by atoms with van der Waals surface area (Å²) in [6.45, 7) is 1.39. The van der Waals surface area contributed by atoms with Gasteiger partial charge in [-0.3, -0.25) is 0 Å². The molecule has 3 nitrogen and oxygen atoms in total. The van der Waals surface area contributed by atoms with E-state index < -0.39 is 6.10 Å². The highest BCUT2D eigenvalue weighted by Gasteiger charge is 1.85. The molecule has 0 saturated heterocycles. The number of phenolic OH excluding ortho intramolecular Hbond substituents is 1. The van der Waals surface area contributed by atoms with Gasteiger partial charge in [0.25, 0.3) is 0 Å². The van der Waals surface area contributed by atoms with Gasteiger partial charge < -0.3 is 15.3 Å². The predicted molar refractivity (Wildman–Crippen MR) is 51.9 cm³/mol. The Kier molecular flexibility index (Phi) is 6.32. The average Bonchev–Trinajstić information content (AvgIpc) is 2.05. The third-order valence-electron chi connectivity index (χ3n) is 1.07. The lowest BCUT2D eigenvalue weighted by Gasteiger charge is -1.90.